The van der Waals surface area contributed by atoms with Gasteiger partial charge in [0.05, 0.1) is 6.10 Å². The molecule has 0 bridgehead atoms. The Morgan fingerprint density at radius 3 is 3.06 bits per heavy atom. The van der Waals surface area contributed by atoms with Gasteiger partial charge in [-0.25, -0.2) is 9.97 Å². The molecule has 0 radical (unpaired) electrons. The Hall–Kier alpha value is -1.16. The van der Waals surface area contributed by atoms with Crippen LogP contribution in [0, 0.1) is 5.92 Å². The van der Waals surface area contributed by atoms with E-state index in [0.29, 0.717) is 5.92 Å². The summed E-state index contributed by atoms with van der Waals surface area (Å²) >= 11 is 0. The SMILES string of the molecule is CC(O)C1CCN(c2ncnc3c2CCC3)C1. The highest BCUT2D eigenvalue weighted by atomic mass is 16.3. The Kier molecular flexibility index (Phi) is 2.74. The standard InChI is InChI=1S/C13H19N3O/c1-9(17)10-5-6-16(7-10)13-11-3-2-4-12(11)14-8-15-13/h8-10,17H,2-7H2,1H3. The summed E-state index contributed by atoms with van der Waals surface area (Å²) in [5.74, 6) is 1.51. The summed E-state index contributed by atoms with van der Waals surface area (Å²) in [6.45, 7) is 3.83. The Morgan fingerprint density at radius 1 is 1.41 bits per heavy atom. The van der Waals surface area contributed by atoms with Crippen molar-refractivity contribution in [3.63, 3.8) is 0 Å². The molecular weight excluding hydrogens is 214 g/mol. The monoisotopic (exact) mass is 233 g/mol. The molecule has 3 rings (SSSR count). The van der Waals surface area contributed by atoms with E-state index in [-0.39, 0.29) is 6.10 Å². The van der Waals surface area contributed by atoms with Crippen molar-refractivity contribution >= 4 is 5.82 Å². The lowest BCUT2D eigenvalue weighted by molar-refractivity contribution is 0.136. The first-order valence-electron chi connectivity index (χ1n) is 6.51. The fourth-order valence-electron chi connectivity index (χ4n) is 2.99. The minimum Gasteiger partial charge on any atom is -0.393 e. The molecule has 1 aliphatic carbocycles. The molecule has 2 atom stereocenters. The van der Waals surface area contributed by atoms with Crippen LogP contribution in [-0.2, 0) is 12.8 Å². The van der Waals surface area contributed by atoms with Crippen LogP contribution in [-0.4, -0.2) is 34.3 Å². The Balaban J connectivity index is 1.84. The summed E-state index contributed by atoms with van der Waals surface area (Å²) in [5.41, 5.74) is 2.58. The van der Waals surface area contributed by atoms with Gasteiger partial charge in [-0.2, -0.15) is 0 Å². The maximum Gasteiger partial charge on any atom is 0.135 e. The summed E-state index contributed by atoms with van der Waals surface area (Å²) < 4.78 is 0. The number of aryl methyl sites for hydroxylation is 1. The molecule has 1 saturated heterocycles. The van der Waals surface area contributed by atoms with Gasteiger partial charge in [-0.15, -0.1) is 0 Å². The zero-order valence-corrected chi connectivity index (χ0v) is 10.3. The first kappa shape index (κ1) is 11.0. The quantitative estimate of drug-likeness (QED) is 0.833. The van der Waals surface area contributed by atoms with E-state index >= 15 is 0 Å². The molecule has 1 aromatic heterocycles. The Labute approximate surface area is 102 Å². The van der Waals surface area contributed by atoms with Crippen LogP contribution in [0.15, 0.2) is 6.33 Å². The molecule has 0 amide bonds. The van der Waals surface area contributed by atoms with Crippen LogP contribution < -0.4 is 4.90 Å². The highest BCUT2D eigenvalue weighted by Crippen LogP contribution is 2.31. The number of anilines is 1. The van der Waals surface area contributed by atoms with Crippen molar-refractivity contribution < 1.29 is 5.11 Å². The molecule has 1 fully saturated rings. The number of fused-ring (bicyclic) bond motifs is 1. The van der Waals surface area contributed by atoms with Gasteiger partial charge in [0.1, 0.15) is 12.1 Å². The third-order valence-electron chi connectivity index (χ3n) is 4.06. The molecule has 0 saturated carbocycles. The second kappa shape index (κ2) is 4.26. The molecule has 1 aromatic rings. The van der Waals surface area contributed by atoms with Gasteiger partial charge in [-0.05, 0) is 32.6 Å². The Bertz CT molecular complexity index is 419. The number of rotatable bonds is 2. The van der Waals surface area contributed by atoms with Crippen molar-refractivity contribution in [1.82, 2.24) is 9.97 Å². The summed E-state index contributed by atoms with van der Waals surface area (Å²) in [7, 11) is 0. The van der Waals surface area contributed by atoms with E-state index in [2.05, 4.69) is 14.9 Å². The molecule has 1 aliphatic heterocycles. The highest BCUT2D eigenvalue weighted by Gasteiger charge is 2.29. The smallest absolute Gasteiger partial charge is 0.135 e. The molecule has 4 heteroatoms. The summed E-state index contributed by atoms with van der Waals surface area (Å²) in [6, 6.07) is 0. The number of hydrogen-bond donors (Lipinski definition) is 1. The van der Waals surface area contributed by atoms with Crippen molar-refractivity contribution in [2.75, 3.05) is 18.0 Å². The predicted molar refractivity (Wildman–Crippen MR) is 66.1 cm³/mol. The predicted octanol–water partition coefficient (Wildman–Crippen LogP) is 1.17. The van der Waals surface area contributed by atoms with E-state index in [9.17, 15) is 5.11 Å². The first-order chi connectivity index (χ1) is 8.25. The minimum atomic E-state index is -0.213. The summed E-state index contributed by atoms with van der Waals surface area (Å²) in [5, 5.41) is 9.65. The zero-order valence-electron chi connectivity index (χ0n) is 10.3. The summed E-state index contributed by atoms with van der Waals surface area (Å²) in [4.78, 5) is 11.1. The van der Waals surface area contributed by atoms with Crippen molar-refractivity contribution in [2.24, 2.45) is 5.92 Å². The highest BCUT2D eigenvalue weighted by molar-refractivity contribution is 5.51. The van der Waals surface area contributed by atoms with Crippen LogP contribution in [0.1, 0.15) is 31.0 Å². The molecule has 0 spiro atoms. The van der Waals surface area contributed by atoms with Crippen LogP contribution in [0.4, 0.5) is 5.82 Å². The number of aliphatic hydroxyl groups is 1. The fraction of sp³-hybridized carbons (Fsp3) is 0.692. The van der Waals surface area contributed by atoms with Gasteiger partial charge in [-0.1, -0.05) is 0 Å². The lowest BCUT2D eigenvalue weighted by atomic mass is 10.0. The van der Waals surface area contributed by atoms with Gasteiger partial charge in [0.25, 0.3) is 0 Å². The van der Waals surface area contributed by atoms with Crippen LogP contribution in [0.25, 0.3) is 0 Å². The lowest BCUT2D eigenvalue weighted by Gasteiger charge is -2.20. The fourth-order valence-corrected chi connectivity index (χ4v) is 2.99. The maximum atomic E-state index is 9.65. The molecule has 0 aromatic carbocycles. The first-order valence-corrected chi connectivity index (χ1v) is 6.51. The van der Waals surface area contributed by atoms with Gasteiger partial charge in [-0.3, -0.25) is 0 Å². The second-order valence-corrected chi connectivity index (χ2v) is 5.21. The molecule has 17 heavy (non-hydrogen) atoms. The van der Waals surface area contributed by atoms with E-state index in [1.165, 1.54) is 17.7 Å². The topological polar surface area (TPSA) is 49.2 Å². The van der Waals surface area contributed by atoms with Gasteiger partial charge >= 0.3 is 0 Å². The number of aromatic nitrogens is 2. The molecule has 2 unspecified atom stereocenters. The third kappa shape index (κ3) is 1.90. The van der Waals surface area contributed by atoms with E-state index in [1.54, 1.807) is 6.33 Å². The van der Waals surface area contributed by atoms with Crippen LogP contribution in [0.5, 0.6) is 0 Å². The van der Waals surface area contributed by atoms with E-state index in [0.717, 1.165) is 38.2 Å². The van der Waals surface area contributed by atoms with E-state index in [1.807, 2.05) is 6.92 Å². The van der Waals surface area contributed by atoms with Crippen LogP contribution in [0.2, 0.25) is 0 Å². The second-order valence-electron chi connectivity index (χ2n) is 5.21. The average molecular weight is 233 g/mol. The van der Waals surface area contributed by atoms with Crippen molar-refractivity contribution in [1.29, 1.82) is 0 Å². The molecule has 92 valence electrons. The zero-order chi connectivity index (χ0) is 11.8. The number of aliphatic hydroxyl groups excluding tert-OH is 1. The van der Waals surface area contributed by atoms with Gasteiger partial charge in [0.15, 0.2) is 0 Å². The molecule has 1 N–H and O–H groups in total. The Morgan fingerprint density at radius 2 is 2.29 bits per heavy atom. The summed E-state index contributed by atoms with van der Waals surface area (Å²) in [6.07, 6.45) is 5.95. The number of nitrogens with zero attached hydrogens (tertiary/aromatic N) is 3. The average Bonchev–Trinajstić information content (AvgIpc) is 2.97. The van der Waals surface area contributed by atoms with Gasteiger partial charge in [0, 0.05) is 30.3 Å². The van der Waals surface area contributed by atoms with Crippen molar-refractivity contribution in [2.45, 2.75) is 38.7 Å². The molecule has 2 heterocycles. The van der Waals surface area contributed by atoms with E-state index in [4.69, 9.17) is 0 Å². The number of hydrogen-bond acceptors (Lipinski definition) is 4. The largest absolute Gasteiger partial charge is 0.393 e. The molecular formula is C13H19N3O. The maximum absolute atomic E-state index is 9.65. The van der Waals surface area contributed by atoms with Crippen LogP contribution >= 0.6 is 0 Å². The van der Waals surface area contributed by atoms with Crippen LogP contribution in [0.3, 0.4) is 0 Å². The minimum absolute atomic E-state index is 0.213. The van der Waals surface area contributed by atoms with Crippen molar-refractivity contribution in [3.8, 4) is 0 Å². The normalized spacial score (nSPS) is 25.1. The van der Waals surface area contributed by atoms with Crippen molar-refractivity contribution in [3.05, 3.63) is 17.6 Å². The molecule has 4 nitrogen and oxygen atoms in total. The van der Waals surface area contributed by atoms with E-state index < -0.39 is 0 Å². The molecule has 2 aliphatic rings. The third-order valence-corrected chi connectivity index (χ3v) is 4.06. The van der Waals surface area contributed by atoms with Gasteiger partial charge in [0.2, 0.25) is 0 Å². The lowest BCUT2D eigenvalue weighted by Crippen LogP contribution is -2.25. The van der Waals surface area contributed by atoms with Gasteiger partial charge < -0.3 is 10.0 Å².